The lowest BCUT2D eigenvalue weighted by molar-refractivity contribution is -0.442. The number of allylic oxidation sites excluding steroid dienone is 4. The Balaban J connectivity index is 1.13. The van der Waals surface area contributed by atoms with Crippen molar-refractivity contribution in [1.82, 2.24) is 9.79 Å². The van der Waals surface area contributed by atoms with Gasteiger partial charge in [-0.2, -0.15) is 13.0 Å². The number of rotatable bonds is 26. The predicted octanol–water partition coefficient (Wildman–Crippen LogP) is 7.30. The van der Waals surface area contributed by atoms with Crippen LogP contribution in [-0.2, 0) is 69.1 Å². The highest BCUT2D eigenvalue weighted by Crippen LogP contribution is 2.51. The van der Waals surface area contributed by atoms with Gasteiger partial charge in [0.1, 0.15) is 6.61 Å². The van der Waals surface area contributed by atoms with Crippen LogP contribution in [0.15, 0.2) is 94.4 Å². The van der Waals surface area contributed by atoms with Crippen LogP contribution in [0.1, 0.15) is 102 Å². The summed E-state index contributed by atoms with van der Waals surface area (Å²) in [6.07, 6.45) is 14.2. The van der Waals surface area contributed by atoms with Crippen LogP contribution in [0.3, 0.4) is 0 Å². The van der Waals surface area contributed by atoms with Crippen molar-refractivity contribution < 1.29 is 64.1 Å². The molecule has 72 heavy (non-hydrogen) atoms. The zero-order valence-corrected chi connectivity index (χ0v) is 43.5. The first-order valence-corrected chi connectivity index (χ1v) is 27.8. The van der Waals surface area contributed by atoms with Crippen LogP contribution in [0.25, 0.3) is 11.1 Å². The number of hydroxylamine groups is 2. The van der Waals surface area contributed by atoms with Crippen LogP contribution < -0.4 is 9.62 Å². The zero-order chi connectivity index (χ0) is 51.5. The number of nitrogens with one attached hydrogen (secondary N) is 1. The third-order valence-electron chi connectivity index (χ3n) is 14.0. The van der Waals surface area contributed by atoms with Crippen molar-refractivity contribution >= 4 is 55.0 Å². The number of sulfonamides is 1. The number of imide groups is 1. The second-order valence-electron chi connectivity index (χ2n) is 19.1. The van der Waals surface area contributed by atoms with Crippen LogP contribution in [0, 0.1) is 0 Å². The molecule has 3 aliphatic heterocycles. The molecule has 19 heteroatoms. The topological polar surface area (TPSA) is 207 Å². The highest BCUT2D eigenvalue weighted by Gasteiger charge is 2.51. The van der Waals surface area contributed by atoms with Crippen LogP contribution in [0.4, 0.5) is 11.4 Å². The van der Waals surface area contributed by atoms with Gasteiger partial charge < -0.3 is 28.7 Å². The molecule has 0 bridgehead atoms. The third kappa shape index (κ3) is 12.6. The van der Waals surface area contributed by atoms with Gasteiger partial charge in [-0.3, -0.25) is 14.1 Å². The maximum atomic E-state index is 13.1. The van der Waals surface area contributed by atoms with Crippen molar-refractivity contribution in [2.24, 2.45) is 0 Å². The number of carbonyl (C=O) groups is 3. The van der Waals surface area contributed by atoms with Gasteiger partial charge >= 0.3 is 5.97 Å². The van der Waals surface area contributed by atoms with Crippen molar-refractivity contribution in [2.45, 2.75) is 112 Å². The number of nitrogens with zero attached hydrogens (tertiary/aromatic N) is 3. The normalized spacial score (nSPS) is 18.0. The maximum Gasteiger partial charge on any atom is 0.333 e. The molecular weight excluding hydrogens is 965 g/mol. The Morgan fingerprint density at radius 2 is 1.44 bits per heavy atom. The number of methoxy groups -OCH3 is 2. The molecule has 2 amide bonds. The molecule has 3 heterocycles. The molecule has 0 atom stereocenters. The van der Waals surface area contributed by atoms with Crippen molar-refractivity contribution in [3.8, 4) is 11.1 Å². The van der Waals surface area contributed by atoms with Crippen molar-refractivity contribution in [3.63, 3.8) is 0 Å². The minimum Gasteiger partial charge on any atom is -0.382 e. The number of anilines is 1. The standard InChI is InChI=1S/C53H68N4O13S2/c1-52(2)43-38-42(72(63,64)65)21-23-45(43)55(29-12-5-7-15-51(60)70-57-49(58)24-25-50(57)59)47(52)13-8-9-14-48-53(26-10-6-11-27-53)44-37-40(18-22-46(44)56(48)30-32-69-36-34-67-4)39-16-19-41(20-17-39)71(61,62)54-28-31-68-35-33-66-3/h9,13-14,16-23,37-38,54H,5-8,10-12,15,24-36H2,1-4H3/p+1/b14-9+,47-13-. The Bertz CT molecular complexity index is 2750. The number of benzene rings is 3. The highest BCUT2D eigenvalue weighted by atomic mass is 32.2. The predicted molar refractivity (Wildman–Crippen MR) is 271 cm³/mol. The molecule has 0 unspecified atom stereocenters. The Morgan fingerprint density at radius 3 is 2.12 bits per heavy atom. The molecule has 2 N–H and O–H groups in total. The first-order chi connectivity index (χ1) is 34.5. The van der Waals surface area contributed by atoms with E-state index in [0.717, 1.165) is 65.9 Å². The molecule has 2 fully saturated rings. The van der Waals surface area contributed by atoms with Crippen LogP contribution in [0.2, 0.25) is 0 Å². The maximum absolute atomic E-state index is 13.1. The molecule has 390 valence electrons. The Hall–Kier alpha value is -5.12. The van der Waals surface area contributed by atoms with Gasteiger partial charge in [0.25, 0.3) is 21.9 Å². The van der Waals surface area contributed by atoms with Gasteiger partial charge in [-0.1, -0.05) is 63.8 Å². The van der Waals surface area contributed by atoms with Crippen LogP contribution in [-0.4, -0.2) is 128 Å². The summed E-state index contributed by atoms with van der Waals surface area (Å²) < 4.78 is 87.6. The zero-order valence-electron chi connectivity index (χ0n) is 41.9. The van der Waals surface area contributed by atoms with E-state index in [1.807, 2.05) is 26.0 Å². The Labute approximate surface area is 423 Å². The molecule has 7 rings (SSSR count). The van der Waals surface area contributed by atoms with E-state index in [0.29, 0.717) is 76.9 Å². The number of unbranched alkanes of at least 4 members (excludes halogenated alkanes) is 2. The molecule has 0 aromatic heterocycles. The summed E-state index contributed by atoms with van der Waals surface area (Å²) in [5.41, 5.74) is 7.10. The third-order valence-corrected chi connectivity index (χ3v) is 16.3. The molecule has 1 aliphatic carbocycles. The lowest BCUT2D eigenvalue weighted by Gasteiger charge is -2.32. The highest BCUT2D eigenvalue weighted by molar-refractivity contribution is 7.89. The molecule has 1 spiro atoms. The lowest BCUT2D eigenvalue weighted by Crippen LogP contribution is -2.37. The van der Waals surface area contributed by atoms with E-state index in [4.69, 9.17) is 23.8 Å². The fraction of sp³-hybridized carbons (Fsp3) is 0.509. The largest absolute Gasteiger partial charge is 0.382 e. The molecule has 0 radical (unpaired) electrons. The van der Waals surface area contributed by atoms with Crippen molar-refractivity contribution in [2.75, 3.05) is 78.4 Å². The number of fused-ring (bicyclic) bond motifs is 3. The summed E-state index contributed by atoms with van der Waals surface area (Å²) in [6, 6.07) is 18.2. The molecule has 1 saturated heterocycles. The minimum absolute atomic E-state index is 0.0272. The van der Waals surface area contributed by atoms with Gasteiger partial charge in [-0.15, -0.1) is 5.06 Å². The Morgan fingerprint density at radius 1 is 0.778 bits per heavy atom. The lowest BCUT2D eigenvalue weighted by atomic mass is 9.67. The number of hydrogen-bond acceptors (Lipinski definition) is 13. The number of hydrogen-bond donors (Lipinski definition) is 2. The number of amides is 2. The van der Waals surface area contributed by atoms with Crippen LogP contribution >= 0.6 is 0 Å². The van der Waals surface area contributed by atoms with E-state index in [1.54, 1.807) is 38.5 Å². The quantitative estimate of drug-likeness (QED) is 0.0350. The van der Waals surface area contributed by atoms with E-state index in [2.05, 4.69) is 50.6 Å². The fourth-order valence-corrected chi connectivity index (χ4v) is 11.9. The van der Waals surface area contributed by atoms with E-state index in [1.165, 1.54) is 17.3 Å². The number of ether oxygens (including phenoxy) is 4. The first kappa shape index (κ1) is 54.6. The van der Waals surface area contributed by atoms with Gasteiger partial charge in [0.05, 0.1) is 48.2 Å². The van der Waals surface area contributed by atoms with Gasteiger partial charge in [0, 0.05) is 81.1 Å². The summed E-state index contributed by atoms with van der Waals surface area (Å²) in [5, 5.41) is 0.563. The van der Waals surface area contributed by atoms with Gasteiger partial charge in [0.2, 0.25) is 15.7 Å². The summed E-state index contributed by atoms with van der Waals surface area (Å²) in [5.74, 6) is -1.68. The second-order valence-corrected chi connectivity index (χ2v) is 22.2. The van der Waals surface area contributed by atoms with Crippen molar-refractivity contribution in [1.29, 1.82) is 0 Å². The second kappa shape index (κ2) is 24.3. The van der Waals surface area contributed by atoms with Crippen molar-refractivity contribution in [3.05, 3.63) is 95.7 Å². The SMILES string of the molecule is COCCOCCNS(=O)(=O)c1ccc(-c2ccc3c(c2)C2(CCCCC2)C(/C=C/C/C=C2\N(CCCCCC(=O)ON4C(=O)CCC4=O)c4ccc(S(=O)(=O)O)cc4C2(C)C)=[N+]3CCOCCOC)cc1. The van der Waals surface area contributed by atoms with Gasteiger partial charge in [-0.05, 0) is 91.3 Å². The molecule has 3 aromatic rings. The molecule has 3 aromatic carbocycles. The number of carbonyl (C=O) groups excluding carboxylic acids is 3. The fourth-order valence-electron chi connectivity index (χ4n) is 10.3. The summed E-state index contributed by atoms with van der Waals surface area (Å²) in [7, 11) is -4.98. The monoisotopic (exact) mass is 1030 g/mol. The molecule has 1 saturated carbocycles. The summed E-state index contributed by atoms with van der Waals surface area (Å²) in [4.78, 5) is 43.6. The summed E-state index contributed by atoms with van der Waals surface area (Å²) in [6.45, 7) is 7.90. The smallest absolute Gasteiger partial charge is 0.333 e. The average Bonchev–Trinajstić information content (AvgIpc) is 3.88. The molecular formula is C53H69N4O13S2+. The first-order valence-electron chi connectivity index (χ1n) is 24.9. The summed E-state index contributed by atoms with van der Waals surface area (Å²) >= 11 is 0. The van der Waals surface area contributed by atoms with E-state index >= 15 is 0 Å². The van der Waals surface area contributed by atoms with E-state index < -0.39 is 43.3 Å². The van der Waals surface area contributed by atoms with Gasteiger partial charge in [-0.25, -0.2) is 17.9 Å². The molecule has 17 nitrogen and oxygen atoms in total. The minimum atomic E-state index is -4.46. The van der Waals surface area contributed by atoms with Crippen LogP contribution in [0.5, 0.6) is 0 Å². The van der Waals surface area contributed by atoms with Gasteiger partial charge in [0.15, 0.2) is 12.3 Å². The molecule has 4 aliphatic rings. The Kier molecular flexibility index (Phi) is 18.4. The average molecular weight is 1030 g/mol. The van der Waals surface area contributed by atoms with E-state index in [-0.39, 0.29) is 47.6 Å². The van der Waals surface area contributed by atoms with E-state index in [9.17, 15) is 35.8 Å².